The third-order valence-corrected chi connectivity index (χ3v) is 5.45. The third-order valence-electron chi connectivity index (χ3n) is 5.45. The molecule has 0 fully saturated rings. The minimum Gasteiger partial charge on any atom is -0.319 e. The lowest BCUT2D eigenvalue weighted by Gasteiger charge is -2.19. The monoisotopic (exact) mass is 440 g/mol. The van der Waals surface area contributed by atoms with Gasteiger partial charge in [-0.15, -0.1) is 10.2 Å². The molecule has 0 spiro atoms. The topological polar surface area (TPSA) is 118 Å². The number of hydrogen-bond donors (Lipinski definition) is 2. The van der Waals surface area contributed by atoms with Gasteiger partial charge in [0.25, 0.3) is 5.56 Å². The molecule has 0 unspecified atom stereocenters. The third kappa shape index (κ3) is 4.17. The average molecular weight is 441 g/mol. The van der Waals surface area contributed by atoms with E-state index in [1.807, 2.05) is 28.8 Å². The molecule has 2 aromatic carbocycles. The molecule has 33 heavy (non-hydrogen) atoms. The molecule has 166 valence electrons. The highest BCUT2D eigenvalue weighted by molar-refractivity contribution is 5.80. The summed E-state index contributed by atoms with van der Waals surface area (Å²) >= 11 is 0. The summed E-state index contributed by atoms with van der Waals surface area (Å²) < 4.78 is 2.00. The summed E-state index contributed by atoms with van der Waals surface area (Å²) in [6, 6.07) is 16.3. The van der Waals surface area contributed by atoms with Crippen LogP contribution in [0, 0.1) is 5.41 Å². The zero-order valence-electron chi connectivity index (χ0n) is 18.7. The molecular formula is C24H24N8O. The van der Waals surface area contributed by atoms with Crippen molar-refractivity contribution in [2.24, 2.45) is 5.41 Å². The Bertz CT molecular complexity index is 1460. The second-order valence-corrected chi connectivity index (χ2v) is 9.26. The summed E-state index contributed by atoms with van der Waals surface area (Å²) in [5, 5.41) is 20.9. The SMILES string of the molecule is CC(C)(C)Cc1nc2cn[nH]c(=O)c2n1Cc1ccc(-c2ccccc2-c2nn[nH]n2)cc1. The number of aromatic nitrogens is 8. The van der Waals surface area contributed by atoms with Gasteiger partial charge in [0.15, 0.2) is 0 Å². The predicted molar refractivity (Wildman–Crippen MR) is 125 cm³/mol. The van der Waals surface area contributed by atoms with Crippen molar-refractivity contribution < 1.29 is 0 Å². The Labute approximate surface area is 189 Å². The molecule has 0 radical (unpaired) electrons. The predicted octanol–water partition coefficient (Wildman–Crippen LogP) is 3.60. The molecule has 5 rings (SSSR count). The maximum absolute atomic E-state index is 12.6. The van der Waals surface area contributed by atoms with E-state index < -0.39 is 0 Å². The molecule has 0 saturated carbocycles. The van der Waals surface area contributed by atoms with E-state index in [2.05, 4.69) is 75.9 Å². The van der Waals surface area contributed by atoms with Crippen LogP contribution in [0.15, 0.2) is 59.5 Å². The van der Waals surface area contributed by atoms with Crippen molar-refractivity contribution in [3.63, 3.8) is 0 Å². The largest absolute Gasteiger partial charge is 0.319 e. The number of nitrogens with one attached hydrogen (secondary N) is 2. The zero-order valence-corrected chi connectivity index (χ0v) is 18.7. The van der Waals surface area contributed by atoms with Gasteiger partial charge in [-0.05, 0) is 27.3 Å². The van der Waals surface area contributed by atoms with Crippen LogP contribution in [0.3, 0.4) is 0 Å². The second-order valence-electron chi connectivity index (χ2n) is 9.26. The molecule has 0 atom stereocenters. The van der Waals surface area contributed by atoms with Crippen LogP contribution in [0.4, 0.5) is 0 Å². The van der Waals surface area contributed by atoms with Crippen LogP contribution in [-0.2, 0) is 13.0 Å². The Kier molecular flexibility index (Phi) is 5.08. The Balaban J connectivity index is 1.51. The van der Waals surface area contributed by atoms with Crippen LogP contribution >= 0.6 is 0 Å². The van der Waals surface area contributed by atoms with E-state index in [1.54, 1.807) is 6.20 Å². The van der Waals surface area contributed by atoms with Gasteiger partial charge in [0.05, 0.1) is 6.20 Å². The molecule has 5 aromatic rings. The second kappa shape index (κ2) is 8.09. The maximum atomic E-state index is 12.6. The normalized spacial score (nSPS) is 11.8. The molecule has 0 aliphatic carbocycles. The molecule has 0 aliphatic rings. The van der Waals surface area contributed by atoms with Crippen LogP contribution < -0.4 is 5.56 Å². The highest BCUT2D eigenvalue weighted by atomic mass is 16.1. The van der Waals surface area contributed by atoms with E-state index in [4.69, 9.17) is 4.98 Å². The summed E-state index contributed by atoms with van der Waals surface area (Å²) in [6.45, 7) is 7.03. The van der Waals surface area contributed by atoms with Gasteiger partial charge < -0.3 is 4.57 Å². The van der Waals surface area contributed by atoms with E-state index in [-0.39, 0.29) is 11.0 Å². The first-order chi connectivity index (χ1) is 15.9. The lowest BCUT2D eigenvalue weighted by molar-refractivity contribution is 0.394. The lowest BCUT2D eigenvalue weighted by Crippen LogP contribution is -2.17. The molecule has 0 amide bonds. The zero-order chi connectivity index (χ0) is 23.0. The molecule has 0 saturated heterocycles. The van der Waals surface area contributed by atoms with Crippen LogP contribution in [0.2, 0.25) is 0 Å². The first kappa shape index (κ1) is 20.7. The molecular weight excluding hydrogens is 416 g/mol. The summed E-state index contributed by atoms with van der Waals surface area (Å²) in [6.07, 6.45) is 2.36. The van der Waals surface area contributed by atoms with Crippen molar-refractivity contribution in [2.45, 2.75) is 33.7 Å². The number of H-pyrrole nitrogens is 2. The van der Waals surface area contributed by atoms with Gasteiger partial charge in [0.1, 0.15) is 16.9 Å². The number of rotatable bonds is 5. The molecule has 3 aromatic heterocycles. The number of nitrogens with zero attached hydrogens (tertiary/aromatic N) is 6. The van der Waals surface area contributed by atoms with Crippen molar-refractivity contribution in [3.8, 4) is 22.5 Å². The van der Waals surface area contributed by atoms with E-state index in [1.165, 1.54) is 0 Å². The smallest absolute Gasteiger partial charge is 0.290 e. The van der Waals surface area contributed by atoms with E-state index in [0.29, 0.717) is 23.4 Å². The fourth-order valence-electron chi connectivity index (χ4n) is 4.01. The summed E-state index contributed by atoms with van der Waals surface area (Å²) in [5.41, 5.74) is 5.01. The van der Waals surface area contributed by atoms with Gasteiger partial charge >= 0.3 is 0 Å². The molecule has 9 heteroatoms. The number of imidazole rings is 1. The average Bonchev–Trinajstić information content (AvgIpc) is 3.43. The Morgan fingerprint density at radius 1 is 1.00 bits per heavy atom. The highest BCUT2D eigenvalue weighted by Gasteiger charge is 2.20. The first-order valence-electron chi connectivity index (χ1n) is 10.7. The van der Waals surface area contributed by atoms with E-state index in [9.17, 15) is 4.79 Å². The number of hydrogen-bond acceptors (Lipinski definition) is 6. The first-order valence-corrected chi connectivity index (χ1v) is 10.7. The molecule has 9 nitrogen and oxygen atoms in total. The summed E-state index contributed by atoms with van der Waals surface area (Å²) in [5.74, 6) is 1.43. The molecule has 2 N–H and O–H groups in total. The van der Waals surface area contributed by atoms with Gasteiger partial charge in [-0.2, -0.15) is 10.3 Å². The number of fused-ring (bicyclic) bond motifs is 1. The highest BCUT2D eigenvalue weighted by Crippen LogP contribution is 2.30. The van der Waals surface area contributed by atoms with Crippen molar-refractivity contribution >= 4 is 11.0 Å². The number of aromatic amines is 2. The van der Waals surface area contributed by atoms with Gasteiger partial charge in [0, 0.05) is 18.5 Å². The van der Waals surface area contributed by atoms with Crippen LogP contribution in [0.25, 0.3) is 33.5 Å². The number of benzene rings is 2. The van der Waals surface area contributed by atoms with Crippen molar-refractivity contribution in [2.75, 3.05) is 0 Å². The molecule has 3 heterocycles. The van der Waals surface area contributed by atoms with Gasteiger partial charge in [-0.3, -0.25) is 4.79 Å². The van der Waals surface area contributed by atoms with Gasteiger partial charge in [-0.25, -0.2) is 10.1 Å². The fraction of sp³-hybridized carbons (Fsp3) is 0.250. The molecule has 0 bridgehead atoms. The van der Waals surface area contributed by atoms with Crippen LogP contribution in [0.1, 0.15) is 32.2 Å². The Hall–Kier alpha value is -4.14. The fourth-order valence-corrected chi connectivity index (χ4v) is 4.01. The summed E-state index contributed by atoms with van der Waals surface area (Å²) in [4.78, 5) is 17.3. The number of tetrazole rings is 1. The minimum atomic E-state index is -0.231. The van der Waals surface area contributed by atoms with Crippen LogP contribution in [0.5, 0.6) is 0 Å². The standard InChI is InChI=1S/C24H24N8O/c1-24(2,3)12-20-26-19-13-25-29-23(33)21(19)32(20)14-15-8-10-16(11-9-15)17-6-4-5-7-18(17)22-27-30-31-28-22/h4-11,13H,12,14H2,1-3H3,(H,29,33)(H,27,28,30,31). The van der Waals surface area contributed by atoms with Crippen LogP contribution in [-0.4, -0.2) is 40.4 Å². The van der Waals surface area contributed by atoms with Crippen molar-refractivity contribution in [3.05, 3.63) is 76.5 Å². The van der Waals surface area contributed by atoms with Crippen molar-refractivity contribution in [1.82, 2.24) is 40.4 Å². The maximum Gasteiger partial charge on any atom is 0.290 e. The van der Waals surface area contributed by atoms with Gasteiger partial charge in [-0.1, -0.05) is 69.3 Å². The van der Waals surface area contributed by atoms with Gasteiger partial charge in [0.2, 0.25) is 5.82 Å². The lowest BCUT2D eigenvalue weighted by atomic mass is 9.92. The Morgan fingerprint density at radius 2 is 1.76 bits per heavy atom. The minimum absolute atomic E-state index is 0.0298. The quantitative estimate of drug-likeness (QED) is 0.431. The summed E-state index contributed by atoms with van der Waals surface area (Å²) in [7, 11) is 0. The van der Waals surface area contributed by atoms with E-state index >= 15 is 0 Å². The van der Waals surface area contributed by atoms with E-state index in [0.717, 1.165) is 34.5 Å². The Morgan fingerprint density at radius 3 is 2.45 bits per heavy atom. The molecule has 0 aliphatic heterocycles. The van der Waals surface area contributed by atoms with Crippen molar-refractivity contribution in [1.29, 1.82) is 0 Å².